The van der Waals surface area contributed by atoms with Crippen LogP contribution in [0.3, 0.4) is 0 Å². The van der Waals surface area contributed by atoms with Crippen LogP contribution < -0.4 is 9.47 Å². The number of allylic oxidation sites excluding steroid dienone is 1. The molecule has 0 fully saturated rings. The Hall–Kier alpha value is -3.02. The molecule has 128 valence electrons. The monoisotopic (exact) mass is 344 g/mol. The van der Waals surface area contributed by atoms with Crippen LogP contribution in [0.1, 0.15) is 33.2 Å². The van der Waals surface area contributed by atoms with Crippen LogP contribution in [0.5, 0.6) is 11.5 Å². The zero-order valence-electron chi connectivity index (χ0n) is 13.3. The van der Waals surface area contributed by atoms with E-state index in [4.69, 9.17) is 4.74 Å². The van der Waals surface area contributed by atoms with Crippen molar-refractivity contribution in [2.75, 3.05) is 6.61 Å². The number of hydrogen-bond donors (Lipinski definition) is 0. The van der Waals surface area contributed by atoms with Crippen LogP contribution in [0.15, 0.2) is 48.0 Å². The van der Waals surface area contributed by atoms with Gasteiger partial charge in [-0.25, -0.2) is 0 Å². The highest BCUT2D eigenvalue weighted by molar-refractivity contribution is 6.41. The van der Waals surface area contributed by atoms with Crippen LogP contribution in [-0.2, 0) is 0 Å². The minimum Gasteiger partial charge on any atom is -0.490 e. The Bertz CT molecular complexity index is 834. The van der Waals surface area contributed by atoms with E-state index in [9.17, 15) is 18.4 Å². The quantitative estimate of drug-likeness (QED) is 0.604. The number of ketones is 2. The van der Waals surface area contributed by atoms with Crippen molar-refractivity contribution in [2.24, 2.45) is 0 Å². The van der Waals surface area contributed by atoms with Crippen molar-refractivity contribution in [3.8, 4) is 11.5 Å². The number of ether oxygens (including phenoxy) is 2. The highest BCUT2D eigenvalue weighted by Crippen LogP contribution is 2.32. The van der Waals surface area contributed by atoms with E-state index in [1.165, 1.54) is 24.3 Å². The van der Waals surface area contributed by atoms with Gasteiger partial charge in [-0.2, -0.15) is 8.78 Å². The van der Waals surface area contributed by atoms with Crippen molar-refractivity contribution >= 4 is 17.6 Å². The molecule has 0 atom stereocenters. The van der Waals surface area contributed by atoms with Crippen LogP contribution in [0, 0.1) is 0 Å². The third kappa shape index (κ3) is 3.28. The first kappa shape index (κ1) is 16.8. The minimum atomic E-state index is -2.98. The molecule has 2 aromatic rings. The maximum atomic E-state index is 12.4. The highest BCUT2D eigenvalue weighted by Gasteiger charge is 2.32. The molecule has 2 aromatic carbocycles. The predicted octanol–water partition coefficient (Wildman–Crippen LogP) is 4.15. The molecule has 1 aliphatic rings. The van der Waals surface area contributed by atoms with Gasteiger partial charge in [-0.05, 0) is 30.7 Å². The molecule has 6 heteroatoms. The summed E-state index contributed by atoms with van der Waals surface area (Å²) in [5.74, 6) is -0.697. The standard InChI is InChI=1S/C19H14F2O4/c1-2-24-16-10-11(7-8-15(16)25-19(20)21)9-14-17(22)12-5-3-4-6-13(12)18(14)23/h3-10,19H,2H2,1H3. The van der Waals surface area contributed by atoms with Gasteiger partial charge in [0, 0.05) is 11.1 Å². The smallest absolute Gasteiger partial charge is 0.387 e. The van der Waals surface area contributed by atoms with Crippen LogP contribution in [0.2, 0.25) is 0 Å². The molecule has 4 nitrogen and oxygen atoms in total. The zero-order valence-corrected chi connectivity index (χ0v) is 13.3. The number of halogens is 2. The van der Waals surface area contributed by atoms with E-state index >= 15 is 0 Å². The molecule has 3 rings (SSSR count). The van der Waals surface area contributed by atoms with Gasteiger partial charge in [0.05, 0.1) is 12.2 Å². The van der Waals surface area contributed by atoms with Gasteiger partial charge in [-0.15, -0.1) is 0 Å². The van der Waals surface area contributed by atoms with Gasteiger partial charge in [-0.1, -0.05) is 30.3 Å². The summed E-state index contributed by atoms with van der Waals surface area (Å²) in [6, 6.07) is 10.8. The number of fused-ring (bicyclic) bond motifs is 1. The van der Waals surface area contributed by atoms with E-state index in [1.54, 1.807) is 31.2 Å². The fourth-order valence-electron chi connectivity index (χ4n) is 2.65. The maximum absolute atomic E-state index is 12.4. The SMILES string of the molecule is CCOc1cc(C=C2C(=O)c3ccccc3C2=O)ccc1OC(F)F. The molecule has 0 saturated heterocycles. The van der Waals surface area contributed by atoms with Crippen LogP contribution >= 0.6 is 0 Å². The second kappa shape index (κ2) is 6.84. The van der Waals surface area contributed by atoms with Gasteiger partial charge in [0.15, 0.2) is 23.1 Å². The van der Waals surface area contributed by atoms with E-state index < -0.39 is 6.61 Å². The fraction of sp³-hybridized carbons (Fsp3) is 0.158. The molecule has 25 heavy (non-hydrogen) atoms. The lowest BCUT2D eigenvalue weighted by atomic mass is 10.1. The van der Waals surface area contributed by atoms with Crippen LogP contribution in [0.4, 0.5) is 8.78 Å². The Morgan fingerprint density at radius 1 is 1.00 bits per heavy atom. The van der Waals surface area contributed by atoms with Crippen LogP contribution in [0.25, 0.3) is 6.08 Å². The first-order chi connectivity index (χ1) is 12.0. The molecule has 0 N–H and O–H groups in total. The van der Waals surface area contributed by atoms with E-state index in [1.807, 2.05) is 0 Å². The molecular formula is C19H14F2O4. The third-order valence-electron chi connectivity index (χ3n) is 3.70. The third-order valence-corrected chi connectivity index (χ3v) is 3.70. The first-order valence-corrected chi connectivity index (χ1v) is 7.63. The number of hydrogen-bond acceptors (Lipinski definition) is 4. The summed E-state index contributed by atoms with van der Waals surface area (Å²) in [6.07, 6.45) is 1.43. The number of alkyl halides is 2. The number of benzene rings is 2. The average Bonchev–Trinajstić information content (AvgIpc) is 2.82. The molecule has 0 spiro atoms. The van der Waals surface area contributed by atoms with Crippen molar-refractivity contribution < 1.29 is 27.8 Å². The fourth-order valence-corrected chi connectivity index (χ4v) is 2.65. The van der Waals surface area contributed by atoms with Crippen molar-refractivity contribution in [1.82, 2.24) is 0 Å². The molecular weight excluding hydrogens is 330 g/mol. The lowest BCUT2D eigenvalue weighted by molar-refractivity contribution is -0.0514. The predicted molar refractivity (Wildman–Crippen MR) is 87.3 cm³/mol. The molecule has 0 amide bonds. The number of rotatable bonds is 5. The van der Waals surface area contributed by atoms with Gasteiger partial charge >= 0.3 is 6.61 Å². The second-order valence-corrected chi connectivity index (χ2v) is 5.28. The largest absolute Gasteiger partial charge is 0.490 e. The lowest BCUT2D eigenvalue weighted by Gasteiger charge is -2.11. The highest BCUT2D eigenvalue weighted by atomic mass is 19.3. The lowest BCUT2D eigenvalue weighted by Crippen LogP contribution is -2.05. The van der Waals surface area contributed by atoms with E-state index in [0.29, 0.717) is 16.7 Å². The molecule has 0 heterocycles. The first-order valence-electron chi connectivity index (χ1n) is 7.63. The van der Waals surface area contributed by atoms with Crippen molar-refractivity contribution in [2.45, 2.75) is 13.5 Å². The average molecular weight is 344 g/mol. The summed E-state index contributed by atoms with van der Waals surface area (Å²) in [5, 5.41) is 0. The Morgan fingerprint density at radius 2 is 1.64 bits per heavy atom. The molecule has 0 radical (unpaired) electrons. The van der Waals surface area contributed by atoms with Crippen molar-refractivity contribution in [3.05, 3.63) is 64.7 Å². The molecule has 0 aliphatic heterocycles. The van der Waals surface area contributed by atoms with Crippen molar-refractivity contribution in [1.29, 1.82) is 0 Å². The summed E-state index contributed by atoms with van der Waals surface area (Å²) in [4.78, 5) is 24.8. The Balaban J connectivity index is 1.98. The molecule has 0 bridgehead atoms. The Morgan fingerprint density at radius 3 is 2.20 bits per heavy atom. The number of Topliss-reactive ketones (excluding diaryl/α,β-unsaturated/α-hetero) is 2. The minimum absolute atomic E-state index is 0.0335. The molecule has 0 unspecified atom stereocenters. The van der Waals surface area contributed by atoms with Gasteiger partial charge < -0.3 is 9.47 Å². The summed E-state index contributed by atoms with van der Waals surface area (Å²) >= 11 is 0. The number of carbonyl (C=O) groups is 2. The summed E-state index contributed by atoms with van der Waals surface area (Å²) < 4.78 is 34.6. The maximum Gasteiger partial charge on any atom is 0.387 e. The Kier molecular flexibility index (Phi) is 4.61. The topological polar surface area (TPSA) is 52.6 Å². The van der Waals surface area contributed by atoms with E-state index in [-0.39, 0.29) is 35.2 Å². The molecule has 0 saturated carbocycles. The Labute approximate surface area is 142 Å². The summed E-state index contributed by atoms with van der Waals surface area (Å²) in [5.41, 5.74) is 1.24. The second-order valence-electron chi connectivity index (χ2n) is 5.28. The summed E-state index contributed by atoms with van der Waals surface area (Å²) in [6.45, 7) is -1.02. The molecule has 1 aliphatic carbocycles. The zero-order chi connectivity index (χ0) is 18.0. The van der Waals surface area contributed by atoms with E-state index in [2.05, 4.69) is 4.74 Å². The van der Waals surface area contributed by atoms with Crippen molar-refractivity contribution in [3.63, 3.8) is 0 Å². The molecule has 0 aromatic heterocycles. The number of carbonyl (C=O) groups excluding carboxylic acids is 2. The van der Waals surface area contributed by atoms with E-state index in [0.717, 1.165) is 0 Å². The van der Waals surface area contributed by atoms with Crippen LogP contribution in [-0.4, -0.2) is 24.8 Å². The van der Waals surface area contributed by atoms with Gasteiger partial charge in [-0.3, -0.25) is 9.59 Å². The summed E-state index contributed by atoms with van der Waals surface area (Å²) in [7, 11) is 0. The normalized spacial score (nSPS) is 13.2. The van der Waals surface area contributed by atoms with Gasteiger partial charge in [0.2, 0.25) is 0 Å². The van der Waals surface area contributed by atoms with Gasteiger partial charge in [0.25, 0.3) is 0 Å². The van der Waals surface area contributed by atoms with Gasteiger partial charge in [0.1, 0.15) is 0 Å².